The first kappa shape index (κ1) is 19.6. The van der Waals surface area contributed by atoms with Crippen LogP contribution in [0.4, 0.5) is 8.78 Å². The number of amides is 2. The highest BCUT2D eigenvalue weighted by molar-refractivity contribution is 5.94. The van der Waals surface area contributed by atoms with Gasteiger partial charge in [0.25, 0.3) is 5.91 Å². The molecule has 4 nitrogen and oxygen atoms in total. The largest absolute Gasteiger partial charge is 0.355 e. The molecule has 6 heteroatoms. The van der Waals surface area contributed by atoms with E-state index in [0.29, 0.717) is 38.0 Å². The number of nitrogens with zero attached hydrogens (tertiary/aromatic N) is 1. The molecule has 0 bridgehead atoms. The van der Waals surface area contributed by atoms with E-state index in [1.807, 2.05) is 0 Å². The van der Waals surface area contributed by atoms with Crippen molar-refractivity contribution in [2.24, 2.45) is 5.92 Å². The number of hydrogen-bond donors (Lipinski definition) is 1. The topological polar surface area (TPSA) is 49.4 Å². The van der Waals surface area contributed by atoms with Gasteiger partial charge in [-0.3, -0.25) is 9.59 Å². The van der Waals surface area contributed by atoms with Crippen molar-refractivity contribution in [2.45, 2.75) is 31.1 Å². The number of nitrogens with one attached hydrogen (secondary N) is 1. The third-order valence-corrected chi connectivity index (χ3v) is 6.16. The lowest BCUT2D eigenvalue weighted by Gasteiger charge is -2.31. The Morgan fingerprint density at radius 3 is 2.03 bits per heavy atom. The molecule has 4 rings (SSSR count). The Kier molecular flexibility index (Phi) is 5.35. The Balaban J connectivity index is 1.27. The Morgan fingerprint density at radius 2 is 1.48 bits per heavy atom. The number of likely N-dealkylation sites (tertiary alicyclic amines) is 1. The fourth-order valence-electron chi connectivity index (χ4n) is 4.04. The molecule has 0 atom stereocenters. The number of piperidine rings is 1. The van der Waals surface area contributed by atoms with Crippen molar-refractivity contribution in [1.82, 2.24) is 10.2 Å². The number of hydrogen-bond acceptors (Lipinski definition) is 2. The van der Waals surface area contributed by atoms with E-state index in [-0.39, 0.29) is 34.8 Å². The van der Waals surface area contributed by atoms with E-state index in [2.05, 4.69) is 5.32 Å². The Morgan fingerprint density at radius 1 is 0.931 bits per heavy atom. The zero-order valence-electron chi connectivity index (χ0n) is 16.2. The van der Waals surface area contributed by atoms with Crippen LogP contribution in [0.5, 0.6) is 0 Å². The molecular weight excluding hydrogens is 374 g/mol. The highest BCUT2D eigenvalue weighted by Gasteiger charge is 2.44. The summed E-state index contributed by atoms with van der Waals surface area (Å²) in [6.45, 7) is 1.58. The van der Waals surface area contributed by atoms with Crippen LogP contribution < -0.4 is 5.32 Å². The minimum atomic E-state index is -0.369. The summed E-state index contributed by atoms with van der Waals surface area (Å²) < 4.78 is 26.2. The van der Waals surface area contributed by atoms with Gasteiger partial charge in [-0.1, -0.05) is 12.1 Å². The lowest BCUT2D eigenvalue weighted by molar-refractivity contribution is -0.126. The zero-order chi connectivity index (χ0) is 20.4. The smallest absolute Gasteiger partial charge is 0.253 e. The first-order chi connectivity index (χ1) is 14.0. The first-order valence-corrected chi connectivity index (χ1v) is 10.1. The second-order valence-corrected chi connectivity index (χ2v) is 8.08. The van der Waals surface area contributed by atoms with Crippen molar-refractivity contribution in [2.75, 3.05) is 19.6 Å². The van der Waals surface area contributed by atoms with Crippen molar-refractivity contribution in [3.05, 3.63) is 71.3 Å². The van der Waals surface area contributed by atoms with E-state index in [0.717, 1.165) is 18.4 Å². The monoisotopic (exact) mass is 398 g/mol. The van der Waals surface area contributed by atoms with Gasteiger partial charge in [0, 0.05) is 36.5 Å². The lowest BCUT2D eigenvalue weighted by Crippen LogP contribution is -2.44. The Labute approximate surface area is 168 Å². The molecule has 2 amide bonds. The van der Waals surface area contributed by atoms with Gasteiger partial charge in [-0.05, 0) is 67.6 Å². The van der Waals surface area contributed by atoms with Gasteiger partial charge in [0.15, 0.2) is 0 Å². The van der Waals surface area contributed by atoms with E-state index in [9.17, 15) is 18.4 Å². The molecule has 1 saturated carbocycles. The van der Waals surface area contributed by atoms with Gasteiger partial charge < -0.3 is 10.2 Å². The quantitative estimate of drug-likeness (QED) is 0.836. The van der Waals surface area contributed by atoms with Gasteiger partial charge in [-0.2, -0.15) is 0 Å². The summed E-state index contributed by atoms with van der Waals surface area (Å²) in [7, 11) is 0. The van der Waals surface area contributed by atoms with Crippen LogP contribution in [0.2, 0.25) is 0 Å². The highest BCUT2D eigenvalue weighted by Crippen LogP contribution is 2.47. The van der Waals surface area contributed by atoms with Crippen molar-refractivity contribution >= 4 is 11.8 Å². The van der Waals surface area contributed by atoms with Gasteiger partial charge >= 0.3 is 0 Å². The molecule has 1 heterocycles. The Bertz CT molecular complexity index is 884. The molecule has 1 aliphatic carbocycles. The number of benzene rings is 2. The van der Waals surface area contributed by atoms with E-state index in [4.69, 9.17) is 0 Å². The van der Waals surface area contributed by atoms with E-state index < -0.39 is 0 Å². The number of carbonyl (C=O) groups is 2. The van der Waals surface area contributed by atoms with Crippen LogP contribution in [0.25, 0.3) is 0 Å². The van der Waals surface area contributed by atoms with Crippen molar-refractivity contribution in [3.8, 4) is 0 Å². The maximum absolute atomic E-state index is 13.2. The van der Waals surface area contributed by atoms with Gasteiger partial charge in [-0.25, -0.2) is 8.78 Å². The molecule has 1 aliphatic heterocycles. The standard InChI is InChI=1S/C23H24F2N2O2/c24-19-5-1-17(2-6-19)22(29)27-13-9-16(10-14-27)21(28)26-15-23(11-12-23)18-3-7-20(25)8-4-18/h1-8,16H,9-15H2,(H,26,28). The summed E-state index contributed by atoms with van der Waals surface area (Å²) in [4.78, 5) is 26.9. The fourth-order valence-corrected chi connectivity index (χ4v) is 4.04. The summed E-state index contributed by atoms with van der Waals surface area (Å²) in [5.41, 5.74) is 1.46. The predicted molar refractivity (Wildman–Crippen MR) is 105 cm³/mol. The summed E-state index contributed by atoms with van der Waals surface area (Å²) >= 11 is 0. The van der Waals surface area contributed by atoms with E-state index >= 15 is 0 Å². The normalized spacial score (nSPS) is 18.3. The molecule has 0 radical (unpaired) electrons. The third-order valence-electron chi connectivity index (χ3n) is 6.16. The molecule has 0 aromatic heterocycles. The second kappa shape index (κ2) is 7.93. The fraction of sp³-hybridized carbons (Fsp3) is 0.391. The molecule has 0 unspecified atom stereocenters. The van der Waals surface area contributed by atoms with Crippen LogP contribution >= 0.6 is 0 Å². The minimum absolute atomic E-state index is 0.0206. The molecular formula is C23H24F2N2O2. The first-order valence-electron chi connectivity index (χ1n) is 10.1. The third kappa shape index (κ3) is 4.31. The van der Waals surface area contributed by atoms with Crippen LogP contribution in [-0.2, 0) is 10.2 Å². The number of rotatable bonds is 5. The van der Waals surface area contributed by atoms with Crippen molar-refractivity contribution in [1.29, 1.82) is 0 Å². The van der Waals surface area contributed by atoms with E-state index in [1.54, 1.807) is 17.0 Å². The van der Waals surface area contributed by atoms with Crippen molar-refractivity contribution in [3.63, 3.8) is 0 Å². The number of halogens is 2. The second-order valence-electron chi connectivity index (χ2n) is 8.08. The molecule has 1 saturated heterocycles. The summed E-state index contributed by atoms with van der Waals surface area (Å²) in [5.74, 6) is -0.845. The van der Waals surface area contributed by atoms with E-state index in [1.165, 1.54) is 36.4 Å². The molecule has 2 aromatic carbocycles. The molecule has 2 aliphatic rings. The molecule has 29 heavy (non-hydrogen) atoms. The van der Waals surface area contributed by atoms with Crippen LogP contribution in [0.1, 0.15) is 41.6 Å². The Hall–Kier alpha value is -2.76. The van der Waals surface area contributed by atoms with Crippen LogP contribution in [0.15, 0.2) is 48.5 Å². The molecule has 2 fully saturated rings. The highest BCUT2D eigenvalue weighted by atomic mass is 19.1. The van der Waals surface area contributed by atoms with Crippen LogP contribution in [0.3, 0.4) is 0 Å². The molecule has 2 aromatic rings. The lowest BCUT2D eigenvalue weighted by atomic mass is 9.93. The zero-order valence-corrected chi connectivity index (χ0v) is 16.2. The summed E-state index contributed by atoms with van der Waals surface area (Å²) in [5, 5.41) is 3.07. The maximum atomic E-state index is 13.2. The van der Waals surface area contributed by atoms with Crippen LogP contribution in [0, 0.1) is 17.6 Å². The minimum Gasteiger partial charge on any atom is -0.355 e. The van der Waals surface area contributed by atoms with Crippen molar-refractivity contribution < 1.29 is 18.4 Å². The number of carbonyl (C=O) groups excluding carboxylic acids is 2. The molecule has 152 valence electrons. The van der Waals surface area contributed by atoms with Gasteiger partial charge in [0.2, 0.25) is 5.91 Å². The average molecular weight is 398 g/mol. The molecule has 1 N–H and O–H groups in total. The van der Waals surface area contributed by atoms with Gasteiger partial charge in [-0.15, -0.1) is 0 Å². The SMILES string of the molecule is O=C(NCC1(c2ccc(F)cc2)CC1)C1CCN(C(=O)c2ccc(F)cc2)CC1. The summed E-state index contributed by atoms with van der Waals surface area (Å²) in [6, 6.07) is 12.1. The van der Waals surface area contributed by atoms with Crippen LogP contribution in [-0.4, -0.2) is 36.3 Å². The van der Waals surface area contributed by atoms with Gasteiger partial charge in [0.05, 0.1) is 0 Å². The average Bonchev–Trinajstić information content (AvgIpc) is 3.54. The maximum Gasteiger partial charge on any atom is 0.253 e. The predicted octanol–water partition coefficient (Wildman–Crippen LogP) is 3.67. The molecule has 0 spiro atoms. The van der Waals surface area contributed by atoms with Gasteiger partial charge in [0.1, 0.15) is 11.6 Å². The summed E-state index contributed by atoms with van der Waals surface area (Å²) in [6.07, 6.45) is 3.21.